The third-order valence-corrected chi connectivity index (χ3v) is 4.95. The van der Waals surface area contributed by atoms with Crippen LogP contribution in [0.3, 0.4) is 0 Å². The Hall–Kier alpha value is -3.33. The van der Waals surface area contributed by atoms with E-state index in [-0.39, 0.29) is 34.6 Å². The molecule has 0 saturated carbocycles. The van der Waals surface area contributed by atoms with E-state index in [0.717, 1.165) is 17.8 Å². The molecule has 0 unspecified atom stereocenters. The van der Waals surface area contributed by atoms with Crippen LogP contribution in [0.1, 0.15) is 10.4 Å². The van der Waals surface area contributed by atoms with Crippen molar-refractivity contribution in [3.05, 3.63) is 58.4 Å². The van der Waals surface area contributed by atoms with Crippen LogP contribution in [0.25, 0.3) is 10.9 Å². The number of carbonyl (C=O) groups excluding carboxylic acids is 2. The second kappa shape index (κ2) is 8.13. The summed E-state index contributed by atoms with van der Waals surface area (Å²) in [7, 11) is 1.22. The molecule has 0 radical (unpaired) electrons. The van der Waals surface area contributed by atoms with E-state index in [4.69, 9.17) is 0 Å². The van der Waals surface area contributed by atoms with Crippen molar-refractivity contribution in [3.8, 4) is 11.5 Å². The Bertz CT molecular complexity index is 1130. The molecule has 28 heavy (non-hydrogen) atoms. The van der Waals surface area contributed by atoms with Crippen molar-refractivity contribution < 1.29 is 24.5 Å². The first-order chi connectivity index (χ1) is 13.4. The number of esters is 1. The van der Waals surface area contributed by atoms with Crippen LogP contribution in [0.4, 0.5) is 0 Å². The van der Waals surface area contributed by atoms with Crippen molar-refractivity contribution in [3.63, 3.8) is 0 Å². The second-order valence-electron chi connectivity index (χ2n) is 5.79. The van der Waals surface area contributed by atoms with Crippen molar-refractivity contribution >= 4 is 34.4 Å². The zero-order chi connectivity index (χ0) is 20.3. The Labute approximate surface area is 163 Å². The van der Waals surface area contributed by atoms with Gasteiger partial charge in [0.25, 0.3) is 5.56 Å². The van der Waals surface area contributed by atoms with Crippen LogP contribution in [-0.4, -0.2) is 44.4 Å². The number of hydrogen-bond acceptors (Lipinski definition) is 8. The maximum atomic E-state index is 12.8. The Morgan fingerprint density at radius 1 is 1.14 bits per heavy atom. The van der Waals surface area contributed by atoms with Crippen molar-refractivity contribution in [2.75, 3.05) is 12.9 Å². The van der Waals surface area contributed by atoms with Crippen molar-refractivity contribution in [2.45, 2.75) is 11.7 Å². The highest BCUT2D eigenvalue weighted by molar-refractivity contribution is 7.99. The van der Waals surface area contributed by atoms with Crippen LogP contribution < -0.4 is 5.56 Å². The zero-order valence-electron chi connectivity index (χ0n) is 14.8. The number of fused-ring (bicyclic) bond motifs is 1. The van der Waals surface area contributed by atoms with Gasteiger partial charge in [-0.15, -0.1) is 0 Å². The summed E-state index contributed by atoms with van der Waals surface area (Å²) in [6.07, 6.45) is 0. The standard InChI is InChI=1S/C19H16N2O6S/c1-27-17(25)9-21-18(26)12-4-2-3-5-13(12)20-19(21)28-10-16(24)11-6-7-14(22)15(23)8-11/h2-8,22-23H,9-10H2,1H3. The predicted octanol–water partition coefficient (Wildman–Crippen LogP) is 1.96. The molecule has 3 rings (SSSR count). The minimum Gasteiger partial charge on any atom is -0.504 e. The fourth-order valence-corrected chi connectivity index (χ4v) is 3.39. The molecule has 2 aromatic carbocycles. The van der Waals surface area contributed by atoms with E-state index in [1.807, 2.05) is 0 Å². The highest BCUT2D eigenvalue weighted by Gasteiger charge is 2.17. The molecule has 0 saturated heterocycles. The zero-order valence-corrected chi connectivity index (χ0v) is 15.6. The van der Waals surface area contributed by atoms with Gasteiger partial charge in [0.15, 0.2) is 22.4 Å². The molecule has 1 aromatic heterocycles. The summed E-state index contributed by atoms with van der Waals surface area (Å²) in [5, 5.41) is 19.4. The minimum atomic E-state index is -0.615. The Balaban J connectivity index is 1.93. The summed E-state index contributed by atoms with van der Waals surface area (Å²) in [6.45, 7) is -0.330. The Morgan fingerprint density at radius 2 is 1.89 bits per heavy atom. The molecule has 9 heteroatoms. The number of hydrogen-bond donors (Lipinski definition) is 2. The summed E-state index contributed by atoms with van der Waals surface area (Å²) in [4.78, 5) is 41.3. The normalized spacial score (nSPS) is 10.8. The van der Waals surface area contributed by atoms with E-state index in [1.165, 1.54) is 23.8 Å². The smallest absolute Gasteiger partial charge is 0.325 e. The van der Waals surface area contributed by atoms with Gasteiger partial charge in [-0.05, 0) is 30.3 Å². The van der Waals surface area contributed by atoms with Gasteiger partial charge in [0.2, 0.25) is 0 Å². The van der Waals surface area contributed by atoms with Gasteiger partial charge < -0.3 is 14.9 Å². The first kappa shape index (κ1) is 19.4. The van der Waals surface area contributed by atoms with Gasteiger partial charge in [-0.25, -0.2) is 4.98 Å². The third-order valence-electron chi connectivity index (χ3n) is 3.97. The average molecular weight is 400 g/mol. The number of phenols is 2. The van der Waals surface area contributed by atoms with Crippen LogP contribution in [-0.2, 0) is 16.1 Å². The van der Waals surface area contributed by atoms with Crippen LogP contribution in [0.5, 0.6) is 11.5 Å². The van der Waals surface area contributed by atoms with E-state index in [0.29, 0.717) is 10.9 Å². The molecule has 0 aliphatic rings. The van der Waals surface area contributed by atoms with Crippen LogP contribution in [0.2, 0.25) is 0 Å². The average Bonchev–Trinajstić information content (AvgIpc) is 2.70. The number of rotatable bonds is 6. The molecular formula is C19H16N2O6S. The maximum Gasteiger partial charge on any atom is 0.325 e. The number of nitrogens with zero attached hydrogens (tertiary/aromatic N) is 2. The number of aromatic hydroxyl groups is 2. The van der Waals surface area contributed by atoms with E-state index >= 15 is 0 Å². The number of methoxy groups -OCH3 is 1. The van der Waals surface area contributed by atoms with E-state index in [1.54, 1.807) is 24.3 Å². The molecule has 0 aliphatic carbocycles. The van der Waals surface area contributed by atoms with Crippen molar-refractivity contribution in [1.29, 1.82) is 0 Å². The minimum absolute atomic E-state index is 0.0871. The number of ether oxygens (including phenoxy) is 1. The van der Waals surface area contributed by atoms with Gasteiger partial charge >= 0.3 is 5.97 Å². The molecule has 0 aliphatic heterocycles. The molecule has 0 fully saturated rings. The molecule has 0 bridgehead atoms. The predicted molar refractivity (Wildman–Crippen MR) is 103 cm³/mol. The van der Waals surface area contributed by atoms with Gasteiger partial charge in [-0.1, -0.05) is 23.9 Å². The lowest BCUT2D eigenvalue weighted by Gasteiger charge is -2.12. The maximum absolute atomic E-state index is 12.8. The number of thioether (sulfide) groups is 1. The lowest BCUT2D eigenvalue weighted by Crippen LogP contribution is -2.27. The Morgan fingerprint density at radius 3 is 2.61 bits per heavy atom. The van der Waals surface area contributed by atoms with Crippen LogP contribution in [0, 0.1) is 0 Å². The van der Waals surface area contributed by atoms with Gasteiger partial charge in [0.1, 0.15) is 6.54 Å². The van der Waals surface area contributed by atoms with E-state index < -0.39 is 17.3 Å². The summed E-state index contributed by atoms with van der Waals surface area (Å²) >= 11 is 0.992. The lowest BCUT2D eigenvalue weighted by molar-refractivity contribution is -0.141. The number of ketones is 1. The fourth-order valence-electron chi connectivity index (χ4n) is 2.50. The largest absolute Gasteiger partial charge is 0.504 e. The van der Waals surface area contributed by atoms with Crippen LogP contribution >= 0.6 is 11.8 Å². The molecule has 0 atom stereocenters. The number of phenolic OH excluding ortho intramolecular Hbond substituents is 2. The molecule has 1 heterocycles. The lowest BCUT2D eigenvalue weighted by atomic mass is 10.1. The molecule has 2 N–H and O–H groups in total. The number of carbonyl (C=O) groups is 2. The molecule has 0 spiro atoms. The van der Waals surface area contributed by atoms with Gasteiger partial charge in [-0.3, -0.25) is 19.0 Å². The summed E-state index contributed by atoms with van der Waals surface area (Å²) in [6, 6.07) is 10.5. The first-order valence-corrected chi connectivity index (χ1v) is 9.13. The van der Waals surface area contributed by atoms with Crippen LogP contribution in [0.15, 0.2) is 52.4 Å². The summed E-state index contributed by atoms with van der Waals surface area (Å²) in [5.74, 6) is -1.77. The number of benzene rings is 2. The van der Waals surface area contributed by atoms with Gasteiger partial charge in [0, 0.05) is 5.56 Å². The highest BCUT2D eigenvalue weighted by Crippen LogP contribution is 2.26. The molecule has 8 nitrogen and oxygen atoms in total. The van der Waals surface area contributed by atoms with E-state index in [2.05, 4.69) is 9.72 Å². The van der Waals surface area contributed by atoms with Gasteiger partial charge in [-0.2, -0.15) is 0 Å². The monoisotopic (exact) mass is 400 g/mol. The summed E-state index contributed by atoms with van der Waals surface area (Å²) < 4.78 is 5.81. The topological polar surface area (TPSA) is 119 Å². The fraction of sp³-hybridized carbons (Fsp3) is 0.158. The second-order valence-corrected chi connectivity index (χ2v) is 6.74. The Kier molecular flexibility index (Phi) is 5.65. The quantitative estimate of drug-likeness (QED) is 0.212. The highest BCUT2D eigenvalue weighted by atomic mass is 32.2. The number of para-hydroxylation sites is 1. The summed E-state index contributed by atoms with van der Waals surface area (Å²) in [5.41, 5.74) is 0.240. The van der Waals surface area contributed by atoms with E-state index in [9.17, 15) is 24.6 Å². The number of aromatic nitrogens is 2. The molecule has 3 aromatic rings. The number of Topliss-reactive ketones (excluding diaryl/α,β-unsaturated/α-hetero) is 1. The SMILES string of the molecule is COC(=O)Cn1c(SCC(=O)c2ccc(O)c(O)c2)nc2ccccc2c1=O. The molecule has 0 amide bonds. The molecule has 144 valence electrons. The van der Waals surface area contributed by atoms with Gasteiger partial charge in [0.05, 0.1) is 23.8 Å². The third kappa shape index (κ3) is 3.99. The molecular weight excluding hydrogens is 384 g/mol. The van der Waals surface area contributed by atoms with Crippen molar-refractivity contribution in [2.24, 2.45) is 0 Å². The van der Waals surface area contributed by atoms with Crippen molar-refractivity contribution in [1.82, 2.24) is 9.55 Å². The first-order valence-electron chi connectivity index (χ1n) is 8.15.